The molecular formula is C22H17ClN4O5S. The van der Waals surface area contributed by atoms with Crippen LogP contribution in [0.3, 0.4) is 0 Å². The number of thiophene rings is 1. The second-order valence-electron chi connectivity index (χ2n) is 7.12. The van der Waals surface area contributed by atoms with Crippen LogP contribution in [0.1, 0.15) is 22.3 Å². The monoisotopic (exact) mass is 484 g/mol. The Morgan fingerprint density at radius 2 is 1.94 bits per heavy atom. The summed E-state index contributed by atoms with van der Waals surface area (Å²) in [4.78, 5) is 36.5. The van der Waals surface area contributed by atoms with Gasteiger partial charge in [-0.3, -0.25) is 14.9 Å². The highest BCUT2D eigenvalue weighted by Gasteiger charge is 2.23. The highest BCUT2D eigenvalue weighted by molar-refractivity contribution is 7.20. The van der Waals surface area contributed by atoms with Crippen molar-refractivity contribution in [1.82, 2.24) is 9.78 Å². The van der Waals surface area contributed by atoms with E-state index in [0.29, 0.717) is 4.88 Å². The molecule has 1 N–H and O–H groups in total. The Morgan fingerprint density at radius 3 is 2.61 bits per heavy atom. The molecule has 0 fully saturated rings. The summed E-state index contributed by atoms with van der Waals surface area (Å²) < 4.78 is 7.10. The molecule has 0 aliphatic heterocycles. The number of aryl methyl sites for hydroxylation is 1. The van der Waals surface area contributed by atoms with Gasteiger partial charge in [-0.15, -0.1) is 11.3 Å². The third-order valence-electron chi connectivity index (χ3n) is 4.82. The molecule has 0 bridgehead atoms. The number of fused-ring (bicyclic) bond motifs is 1. The Labute approximate surface area is 196 Å². The van der Waals surface area contributed by atoms with Crippen LogP contribution < -0.4 is 5.32 Å². The molecule has 0 spiro atoms. The van der Waals surface area contributed by atoms with Gasteiger partial charge in [0.2, 0.25) is 0 Å². The molecule has 0 saturated heterocycles. The average molecular weight is 485 g/mol. The number of nitrogens with one attached hydrogen (secondary N) is 1. The molecule has 9 nitrogen and oxygen atoms in total. The predicted octanol–water partition coefficient (Wildman–Crippen LogP) is 5.14. The maximum Gasteiger partial charge on any atom is 0.349 e. The van der Waals surface area contributed by atoms with Crippen LogP contribution in [0.2, 0.25) is 5.02 Å². The first kappa shape index (κ1) is 22.4. The third kappa shape index (κ3) is 4.57. The van der Waals surface area contributed by atoms with Crippen molar-refractivity contribution in [2.45, 2.75) is 20.0 Å². The lowest BCUT2D eigenvalue weighted by molar-refractivity contribution is -0.384. The molecule has 1 atom stereocenters. The molecule has 11 heteroatoms. The van der Waals surface area contributed by atoms with E-state index in [2.05, 4.69) is 10.4 Å². The van der Waals surface area contributed by atoms with E-state index in [1.54, 1.807) is 10.7 Å². The Morgan fingerprint density at radius 1 is 1.21 bits per heavy atom. The van der Waals surface area contributed by atoms with Crippen molar-refractivity contribution in [3.05, 3.63) is 80.3 Å². The zero-order valence-electron chi connectivity index (χ0n) is 17.4. The number of non-ortho nitro benzene ring substituents is 1. The highest BCUT2D eigenvalue weighted by atomic mass is 35.5. The van der Waals surface area contributed by atoms with E-state index in [-0.39, 0.29) is 16.4 Å². The number of hydrogen-bond acceptors (Lipinski definition) is 7. The number of esters is 1. The van der Waals surface area contributed by atoms with Crippen LogP contribution in [0.15, 0.2) is 54.6 Å². The molecule has 2 aromatic heterocycles. The van der Waals surface area contributed by atoms with E-state index in [1.165, 1.54) is 30.4 Å². The van der Waals surface area contributed by atoms with Gasteiger partial charge in [-0.25, -0.2) is 9.48 Å². The molecular weight excluding hydrogens is 468 g/mol. The van der Waals surface area contributed by atoms with Gasteiger partial charge in [-0.2, -0.15) is 5.10 Å². The van der Waals surface area contributed by atoms with Crippen LogP contribution >= 0.6 is 22.9 Å². The van der Waals surface area contributed by atoms with Gasteiger partial charge in [0.1, 0.15) is 9.71 Å². The molecule has 33 heavy (non-hydrogen) atoms. The van der Waals surface area contributed by atoms with Crippen LogP contribution in [-0.2, 0) is 9.53 Å². The first-order valence-electron chi connectivity index (χ1n) is 9.75. The number of anilines is 1. The highest BCUT2D eigenvalue weighted by Crippen LogP contribution is 2.31. The number of carbonyl (C=O) groups excluding carboxylic acids is 2. The topological polar surface area (TPSA) is 116 Å². The second-order valence-corrected chi connectivity index (χ2v) is 8.56. The molecule has 0 radical (unpaired) electrons. The number of amides is 1. The van der Waals surface area contributed by atoms with Gasteiger partial charge in [-0.1, -0.05) is 29.8 Å². The largest absolute Gasteiger partial charge is 0.448 e. The fraction of sp³-hybridized carbons (Fsp3) is 0.136. The number of aromatic nitrogens is 2. The molecule has 0 aliphatic carbocycles. The maximum atomic E-state index is 12.7. The van der Waals surface area contributed by atoms with E-state index in [1.807, 2.05) is 37.3 Å². The number of nitrogens with zero attached hydrogens (tertiary/aromatic N) is 3. The lowest BCUT2D eigenvalue weighted by Crippen LogP contribution is -2.29. The first-order valence-corrected chi connectivity index (χ1v) is 10.9. The number of halogens is 1. The summed E-state index contributed by atoms with van der Waals surface area (Å²) in [5.41, 5.74) is 1.61. The van der Waals surface area contributed by atoms with E-state index in [4.69, 9.17) is 16.3 Å². The SMILES string of the molecule is Cc1nn(-c2ccccc2)c2sc(C(=O)O[C@H](C)C(=O)Nc3ccc([N+](=O)[O-])cc3Cl)cc12. The lowest BCUT2D eigenvalue weighted by Gasteiger charge is -2.13. The van der Waals surface area contributed by atoms with Crippen molar-refractivity contribution in [2.75, 3.05) is 5.32 Å². The third-order valence-corrected chi connectivity index (χ3v) is 6.22. The summed E-state index contributed by atoms with van der Waals surface area (Å²) in [6, 6.07) is 14.9. The molecule has 4 aromatic rings. The van der Waals surface area contributed by atoms with Crippen LogP contribution in [-0.4, -0.2) is 32.7 Å². The van der Waals surface area contributed by atoms with Gasteiger partial charge in [0, 0.05) is 17.5 Å². The van der Waals surface area contributed by atoms with Crippen LogP contribution in [0.25, 0.3) is 15.9 Å². The smallest absolute Gasteiger partial charge is 0.349 e. The molecule has 0 saturated carbocycles. The minimum Gasteiger partial charge on any atom is -0.448 e. The van der Waals surface area contributed by atoms with Gasteiger partial charge < -0.3 is 10.1 Å². The summed E-state index contributed by atoms with van der Waals surface area (Å²) in [5.74, 6) is -1.26. The molecule has 2 aromatic carbocycles. The van der Waals surface area contributed by atoms with Crippen molar-refractivity contribution < 1.29 is 19.2 Å². The van der Waals surface area contributed by atoms with E-state index < -0.39 is 22.9 Å². The Kier molecular flexibility index (Phi) is 6.12. The van der Waals surface area contributed by atoms with E-state index in [9.17, 15) is 19.7 Å². The Balaban J connectivity index is 1.49. The summed E-state index contributed by atoms with van der Waals surface area (Å²) >= 11 is 7.22. The van der Waals surface area contributed by atoms with Crippen molar-refractivity contribution in [3.8, 4) is 5.69 Å². The van der Waals surface area contributed by atoms with Crippen molar-refractivity contribution in [1.29, 1.82) is 0 Å². The number of ether oxygens (including phenoxy) is 1. The van der Waals surface area contributed by atoms with Crippen molar-refractivity contribution >= 4 is 56.4 Å². The maximum absolute atomic E-state index is 12.7. The fourth-order valence-corrected chi connectivity index (χ4v) is 4.41. The minimum atomic E-state index is -1.12. The van der Waals surface area contributed by atoms with E-state index >= 15 is 0 Å². The molecule has 168 valence electrons. The fourth-order valence-electron chi connectivity index (χ4n) is 3.12. The summed E-state index contributed by atoms with van der Waals surface area (Å²) in [7, 11) is 0. The van der Waals surface area contributed by atoms with Gasteiger partial charge in [0.25, 0.3) is 11.6 Å². The predicted molar refractivity (Wildman–Crippen MR) is 125 cm³/mol. The van der Waals surface area contributed by atoms with Crippen LogP contribution in [0.4, 0.5) is 11.4 Å². The quantitative estimate of drug-likeness (QED) is 0.230. The number of benzene rings is 2. The average Bonchev–Trinajstić information content (AvgIpc) is 3.36. The van der Waals surface area contributed by atoms with Gasteiger partial charge >= 0.3 is 5.97 Å². The summed E-state index contributed by atoms with van der Waals surface area (Å²) in [5, 5.41) is 18.7. The number of rotatable bonds is 6. The standard InChI is InChI=1S/C22H17ClN4O5S/c1-12-16-11-19(33-21(16)26(25-12)14-6-4-3-5-7-14)22(29)32-13(2)20(28)24-18-9-8-15(27(30)31)10-17(18)23/h3-11,13H,1-2H3,(H,24,28)/t13-/m1/s1. The number of para-hydroxylation sites is 1. The van der Waals surface area contributed by atoms with Gasteiger partial charge in [0.15, 0.2) is 6.10 Å². The van der Waals surface area contributed by atoms with Gasteiger partial charge in [0.05, 0.1) is 27.0 Å². The zero-order valence-corrected chi connectivity index (χ0v) is 19.0. The Hall–Kier alpha value is -3.76. The molecule has 0 aliphatic rings. The van der Waals surface area contributed by atoms with Crippen LogP contribution in [0, 0.1) is 17.0 Å². The molecule has 0 unspecified atom stereocenters. The lowest BCUT2D eigenvalue weighted by atomic mass is 10.2. The van der Waals surface area contributed by atoms with E-state index in [0.717, 1.165) is 27.7 Å². The second kappa shape index (κ2) is 9.00. The number of carbonyl (C=O) groups is 2. The Bertz CT molecular complexity index is 1380. The first-order chi connectivity index (χ1) is 15.7. The van der Waals surface area contributed by atoms with Crippen molar-refractivity contribution in [3.63, 3.8) is 0 Å². The summed E-state index contributed by atoms with van der Waals surface area (Å²) in [6.07, 6.45) is -1.12. The molecule has 1 amide bonds. The zero-order chi connectivity index (χ0) is 23.7. The van der Waals surface area contributed by atoms with Gasteiger partial charge in [-0.05, 0) is 38.1 Å². The summed E-state index contributed by atoms with van der Waals surface area (Å²) in [6.45, 7) is 3.28. The van der Waals surface area contributed by atoms with Crippen LogP contribution in [0.5, 0.6) is 0 Å². The minimum absolute atomic E-state index is 0.00141. The van der Waals surface area contributed by atoms with Crippen molar-refractivity contribution in [2.24, 2.45) is 0 Å². The molecule has 2 heterocycles. The molecule has 4 rings (SSSR count). The number of nitro benzene ring substituents is 1. The number of hydrogen-bond donors (Lipinski definition) is 1. The number of nitro groups is 1. The normalized spacial score (nSPS) is 11.8.